The van der Waals surface area contributed by atoms with Crippen LogP contribution in [0.15, 0.2) is 48.8 Å². The summed E-state index contributed by atoms with van der Waals surface area (Å²) in [5.41, 5.74) is 2.35. The maximum atomic E-state index is 13.9. The van der Waals surface area contributed by atoms with Gasteiger partial charge in [0.15, 0.2) is 5.78 Å². The lowest BCUT2D eigenvalue weighted by atomic mass is 9.92. The first-order valence-electron chi connectivity index (χ1n) is 14.5. The van der Waals surface area contributed by atoms with Gasteiger partial charge in [-0.05, 0) is 55.3 Å². The van der Waals surface area contributed by atoms with Crippen molar-refractivity contribution in [3.8, 4) is 0 Å². The van der Waals surface area contributed by atoms with Gasteiger partial charge < -0.3 is 25.3 Å². The first-order valence-corrected chi connectivity index (χ1v) is 14.5. The number of Topliss-reactive ketones (excluding diaryl/α,β-unsaturated/α-hetero) is 2. The number of ketones is 2. The Balaban J connectivity index is 1.29. The topological polar surface area (TPSA) is 115 Å². The summed E-state index contributed by atoms with van der Waals surface area (Å²) < 4.78 is 0. The van der Waals surface area contributed by atoms with Crippen molar-refractivity contribution in [2.24, 2.45) is 11.8 Å². The van der Waals surface area contributed by atoms with Crippen molar-refractivity contribution in [1.82, 2.24) is 25.4 Å². The molecule has 10 heteroatoms. The van der Waals surface area contributed by atoms with Crippen molar-refractivity contribution in [2.75, 3.05) is 51.2 Å². The van der Waals surface area contributed by atoms with Crippen molar-refractivity contribution in [3.63, 3.8) is 0 Å². The van der Waals surface area contributed by atoms with E-state index in [4.69, 9.17) is 0 Å². The highest BCUT2D eigenvalue weighted by Gasteiger charge is 2.53. The van der Waals surface area contributed by atoms with Crippen molar-refractivity contribution in [2.45, 2.75) is 44.8 Å². The van der Waals surface area contributed by atoms with E-state index in [2.05, 4.69) is 32.5 Å². The van der Waals surface area contributed by atoms with E-state index in [0.717, 1.165) is 37.4 Å². The molecule has 10 nitrogen and oxygen atoms in total. The number of amides is 2. The SMILES string of the molecule is CC(C)CC(NC(=O)c1ccc(N2CCN(C)CC2)cc1)C(=O)N1CC(C(=O)Cc2cccnc2)C2NCC(=O)C21. The molecule has 3 aliphatic heterocycles. The number of nitrogens with one attached hydrogen (secondary N) is 2. The molecule has 0 saturated carbocycles. The smallest absolute Gasteiger partial charge is 0.251 e. The van der Waals surface area contributed by atoms with E-state index in [-0.39, 0.29) is 48.8 Å². The van der Waals surface area contributed by atoms with E-state index in [9.17, 15) is 19.2 Å². The zero-order valence-electron chi connectivity index (χ0n) is 24.1. The highest BCUT2D eigenvalue weighted by atomic mass is 16.2. The molecular weight excluding hydrogens is 520 g/mol. The van der Waals surface area contributed by atoms with E-state index >= 15 is 0 Å². The van der Waals surface area contributed by atoms with Gasteiger partial charge in [0.25, 0.3) is 5.91 Å². The maximum absolute atomic E-state index is 13.9. The number of pyridine rings is 1. The minimum Gasteiger partial charge on any atom is -0.369 e. The third-order valence-electron chi connectivity index (χ3n) is 8.45. The Kier molecular flexibility index (Phi) is 8.79. The number of fused-ring (bicyclic) bond motifs is 1. The number of nitrogens with zero attached hydrogens (tertiary/aromatic N) is 4. The molecule has 1 aromatic carbocycles. The number of aromatic nitrogens is 1. The average Bonchev–Trinajstić information content (AvgIpc) is 3.54. The van der Waals surface area contributed by atoms with Crippen LogP contribution in [0, 0.1) is 11.8 Å². The molecule has 0 aliphatic carbocycles. The fraction of sp³-hybridized carbons (Fsp3) is 0.516. The summed E-state index contributed by atoms with van der Waals surface area (Å²) in [5, 5.41) is 6.13. The van der Waals surface area contributed by atoms with Gasteiger partial charge in [0, 0.05) is 68.8 Å². The summed E-state index contributed by atoms with van der Waals surface area (Å²) in [4.78, 5) is 63.7. The molecule has 3 saturated heterocycles. The maximum Gasteiger partial charge on any atom is 0.251 e. The predicted octanol–water partition coefficient (Wildman–Crippen LogP) is 1.16. The van der Waals surface area contributed by atoms with E-state index in [1.807, 2.05) is 32.0 Å². The van der Waals surface area contributed by atoms with E-state index < -0.39 is 24.0 Å². The van der Waals surface area contributed by atoms with Gasteiger partial charge in [0.05, 0.1) is 12.5 Å². The lowest BCUT2D eigenvalue weighted by Crippen LogP contribution is -2.52. The molecule has 3 fully saturated rings. The Morgan fingerprint density at radius 3 is 2.46 bits per heavy atom. The molecular formula is C31H40N6O4. The quantitative estimate of drug-likeness (QED) is 0.470. The molecule has 0 spiro atoms. The highest BCUT2D eigenvalue weighted by Crippen LogP contribution is 2.31. The van der Waals surface area contributed by atoms with E-state index in [0.29, 0.717) is 12.0 Å². The van der Waals surface area contributed by atoms with Gasteiger partial charge in [0.2, 0.25) is 5.91 Å². The molecule has 1 aromatic heterocycles. The minimum absolute atomic E-state index is 0.0321. The molecule has 4 atom stereocenters. The van der Waals surface area contributed by atoms with Crippen LogP contribution in [0.1, 0.15) is 36.2 Å². The molecule has 5 rings (SSSR count). The number of anilines is 1. The monoisotopic (exact) mass is 560 g/mol. The van der Waals surface area contributed by atoms with Crippen molar-refractivity contribution >= 4 is 29.1 Å². The van der Waals surface area contributed by atoms with Crippen molar-refractivity contribution < 1.29 is 19.2 Å². The van der Waals surface area contributed by atoms with Crippen LogP contribution in [0.2, 0.25) is 0 Å². The van der Waals surface area contributed by atoms with Crippen LogP contribution in [0.25, 0.3) is 0 Å². The molecule has 4 heterocycles. The van der Waals surface area contributed by atoms with Crippen LogP contribution >= 0.6 is 0 Å². The number of likely N-dealkylation sites (N-methyl/N-ethyl adjacent to an activating group) is 1. The normalized spacial score (nSPS) is 23.5. The number of benzene rings is 1. The Labute approximate surface area is 241 Å². The van der Waals surface area contributed by atoms with Crippen LogP contribution in [-0.4, -0.2) is 103 Å². The van der Waals surface area contributed by atoms with Crippen LogP contribution in [-0.2, 0) is 20.8 Å². The Morgan fingerprint density at radius 1 is 1.07 bits per heavy atom. The number of rotatable bonds is 9. The first kappa shape index (κ1) is 28.9. The standard InChI is InChI=1S/C31H40N6O4/c1-20(2)15-25(34-30(40)22-6-8-23(9-7-22)36-13-11-35(3)12-14-36)31(41)37-19-24(28-29(37)27(39)18-33-28)26(38)16-21-5-4-10-32-17-21/h4-10,17,20,24-25,28-29,33H,11-16,18-19H2,1-3H3,(H,34,40). The van der Waals surface area contributed by atoms with Gasteiger partial charge in [0.1, 0.15) is 17.9 Å². The molecule has 2 amide bonds. The summed E-state index contributed by atoms with van der Waals surface area (Å²) in [6, 6.07) is 9.19. The number of piperazine rings is 1. The van der Waals surface area contributed by atoms with Crippen LogP contribution < -0.4 is 15.5 Å². The highest BCUT2D eigenvalue weighted by molar-refractivity contribution is 6.01. The second-order valence-electron chi connectivity index (χ2n) is 11.9. The van der Waals surface area contributed by atoms with Gasteiger partial charge in [-0.1, -0.05) is 19.9 Å². The predicted molar refractivity (Wildman–Crippen MR) is 156 cm³/mol. The third-order valence-corrected chi connectivity index (χ3v) is 8.45. The Bertz CT molecular complexity index is 1260. The number of carbonyl (C=O) groups is 4. The first-order chi connectivity index (χ1) is 19.7. The van der Waals surface area contributed by atoms with Crippen LogP contribution in [0.5, 0.6) is 0 Å². The molecule has 0 radical (unpaired) electrons. The summed E-state index contributed by atoms with van der Waals surface area (Å²) in [5.74, 6) is -1.16. The summed E-state index contributed by atoms with van der Waals surface area (Å²) in [7, 11) is 2.11. The molecule has 2 aromatic rings. The third kappa shape index (κ3) is 6.49. The summed E-state index contributed by atoms with van der Waals surface area (Å²) >= 11 is 0. The van der Waals surface area contributed by atoms with Gasteiger partial charge in [-0.3, -0.25) is 24.2 Å². The average molecular weight is 561 g/mol. The van der Waals surface area contributed by atoms with Crippen molar-refractivity contribution in [3.05, 3.63) is 59.9 Å². The van der Waals surface area contributed by atoms with E-state index in [1.165, 1.54) is 4.90 Å². The molecule has 218 valence electrons. The number of hydrogen-bond acceptors (Lipinski definition) is 8. The Hall–Kier alpha value is -3.63. The van der Waals surface area contributed by atoms with Crippen LogP contribution in [0.3, 0.4) is 0 Å². The lowest BCUT2D eigenvalue weighted by Gasteiger charge is -2.34. The van der Waals surface area contributed by atoms with Gasteiger partial charge in [-0.15, -0.1) is 0 Å². The summed E-state index contributed by atoms with van der Waals surface area (Å²) in [6.07, 6.45) is 3.93. The van der Waals surface area contributed by atoms with Gasteiger partial charge in [-0.25, -0.2) is 0 Å². The second kappa shape index (κ2) is 12.5. The van der Waals surface area contributed by atoms with Gasteiger partial charge in [-0.2, -0.15) is 0 Å². The van der Waals surface area contributed by atoms with Gasteiger partial charge >= 0.3 is 0 Å². The summed E-state index contributed by atoms with van der Waals surface area (Å²) in [6.45, 7) is 8.11. The lowest BCUT2D eigenvalue weighted by molar-refractivity contribution is -0.138. The molecule has 2 N–H and O–H groups in total. The van der Waals surface area contributed by atoms with Crippen molar-refractivity contribution in [1.29, 1.82) is 0 Å². The largest absolute Gasteiger partial charge is 0.369 e. The zero-order chi connectivity index (χ0) is 29.1. The number of carbonyl (C=O) groups excluding carboxylic acids is 4. The zero-order valence-corrected chi connectivity index (χ0v) is 24.1. The minimum atomic E-state index is -0.805. The Morgan fingerprint density at radius 2 is 1.80 bits per heavy atom. The second-order valence-corrected chi connectivity index (χ2v) is 11.9. The number of hydrogen-bond donors (Lipinski definition) is 2. The number of likely N-dealkylation sites (tertiary alicyclic amines) is 1. The molecule has 0 bridgehead atoms. The fourth-order valence-corrected chi connectivity index (χ4v) is 6.19. The van der Waals surface area contributed by atoms with E-state index in [1.54, 1.807) is 30.6 Å². The molecule has 3 aliphatic rings. The fourth-order valence-electron chi connectivity index (χ4n) is 6.19. The molecule has 4 unspecified atom stereocenters. The molecule has 41 heavy (non-hydrogen) atoms. The van der Waals surface area contributed by atoms with Crippen LogP contribution in [0.4, 0.5) is 5.69 Å².